The van der Waals surface area contributed by atoms with Gasteiger partial charge in [-0.25, -0.2) is 4.39 Å². The highest BCUT2D eigenvalue weighted by Gasteiger charge is 2.31. The average Bonchev–Trinajstić information content (AvgIpc) is 2.60. The van der Waals surface area contributed by atoms with E-state index in [1.807, 2.05) is 0 Å². The molecule has 9 heteroatoms. The van der Waals surface area contributed by atoms with Gasteiger partial charge in [0, 0.05) is 12.1 Å². The number of amides is 2. The standard InChI is InChI=1S/C17H14FN3O5/c1-10(26-15-8-11(18)6-7-14(15)21(24)25)17(23)20-9-16(22)19-12-4-2-3-5-13(12)20/h2-8,10H,9H2,1H3,(H,19,22)/t10-/m0/s1. The van der Waals surface area contributed by atoms with Crippen LogP contribution in [0.4, 0.5) is 21.5 Å². The van der Waals surface area contributed by atoms with Crippen molar-refractivity contribution in [2.45, 2.75) is 13.0 Å². The van der Waals surface area contributed by atoms with E-state index in [4.69, 9.17) is 4.74 Å². The van der Waals surface area contributed by atoms with Gasteiger partial charge in [0.15, 0.2) is 6.10 Å². The lowest BCUT2D eigenvalue weighted by atomic mass is 10.1. The number of nitrogens with zero attached hydrogens (tertiary/aromatic N) is 2. The second-order valence-electron chi connectivity index (χ2n) is 5.62. The number of nitrogens with one attached hydrogen (secondary N) is 1. The predicted octanol–water partition coefficient (Wildman–Crippen LogP) is 2.49. The summed E-state index contributed by atoms with van der Waals surface area (Å²) in [7, 11) is 0. The van der Waals surface area contributed by atoms with Gasteiger partial charge in [-0.3, -0.25) is 24.6 Å². The molecule has 0 fully saturated rings. The minimum atomic E-state index is -1.17. The first-order chi connectivity index (χ1) is 12.4. The summed E-state index contributed by atoms with van der Waals surface area (Å²) in [5.74, 6) is -2.04. The molecule has 2 amide bonds. The molecule has 1 aliphatic rings. The first kappa shape index (κ1) is 17.3. The molecule has 0 unspecified atom stereocenters. The number of carbonyl (C=O) groups is 2. The number of anilines is 2. The van der Waals surface area contributed by atoms with Crippen molar-refractivity contribution in [2.24, 2.45) is 0 Å². The van der Waals surface area contributed by atoms with Crippen LogP contribution in [0.2, 0.25) is 0 Å². The summed E-state index contributed by atoms with van der Waals surface area (Å²) in [4.78, 5) is 36.1. The lowest BCUT2D eigenvalue weighted by Crippen LogP contribution is -2.47. The Hall–Kier alpha value is -3.49. The third kappa shape index (κ3) is 3.32. The second kappa shape index (κ2) is 6.79. The molecule has 0 aliphatic carbocycles. The number of nitro benzene ring substituents is 1. The van der Waals surface area contributed by atoms with E-state index in [1.165, 1.54) is 11.8 Å². The molecule has 0 spiro atoms. The summed E-state index contributed by atoms with van der Waals surface area (Å²) in [6.45, 7) is 1.17. The molecule has 0 bridgehead atoms. The van der Waals surface area contributed by atoms with Crippen molar-refractivity contribution in [1.82, 2.24) is 0 Å². The Kier molecular flexibility index (Phi) is 4.53. The highest BCUT2D eigenvalue weighted by atomic mass is 19.1. The molecule has 2 aromatic rings. The fourth-order valence-corrected chi connectivity index (χ4v) is 2.62. The lowest BCUT2D eigenvalue weighted by Gasteiger charge is -2.31. The normalized spacial score (nSPS) is 14.2. The van der Waals surface area contributed by atoms with Gasteiger partial charge in [-0.15, -0.1) is 0 Å². The maximum absolute atomic E-state index is 13.4. The Bertz CT molecular complexity index is 902. The Balaban J connectivity index is 1.87. The number of para-hydroxylation sites is 2. The van der Waals surface area contributed by atoms with Crippen LogP contribution in [0.5, 0.6) is 5.75 Å². The van der Waals surface area contributed by atoms with E-state index in [2.05, 4.69) is 5.32 Å². The number of ether oxygens (including phenoxy) is 1. The molecular formula is C17H14FN3O5. The van der Waals surface area contributed by atoms with Crippen LogP contribution in [0.15, 0.2) is 42.5 Å². The highest BCUT2D eigenvalue weighted by Crippen LogP contribution is 2.31. The van der Waals surface area contributed by atoms with Crippen LogP contribution < -0.4 is 15.0 Å². The summed E-state index contributed by atoms with van der Waals surface area (Å²) in [5.41, 5.74) is 0.505. The van der Waals surface area contributed by atoms with Crippen molar-refractivity contribution in [3.63, 3.8) is 0 Å². The zero-order valence-corrected chi connectivity index (χ0v) is 13.6. The summed E-state index contributed by atoms with van der Waals surface area (Å²) >= 11 is 0. The first-order valence-corrected chi connectivity index (χ1v) is 7.67. The molecule has 26 heavy (non-hydrogen) atoms. The van der Waals surface area contributed by atoms with Crippen molar-refractivity contribution in [2.75, 3.05) is 16.8 Å². The van der Waals surface area contributed by atoms with Crippen molar-refractivity contribution < 1.29 is 23.6 Å². The summed E-state index contributed by atoms with van der Waals surface area (Å²) < 4.78 is 18.8. The molecule has 0 radical (unpaired) electrons. The fourth-order valence-electron chi connectivity index (χ4n) is 2.62. The quantitative estimate of drug-likeness (QED) is 0.667. The maximum Gasteiger partial charge on any atom is 0.311 e. The van der Waals surface area contributed by atoms with Crippen molar-refractivity contribution in [3.05, 3.63) is 58.4 Å². The van der Waals surface area contributed by atoms with Crippen molar-refractivity contribution in [1.29, 1.82) is 0 Å². The van der Waals surface area contributed by atoms with E-state index in [9.17, 15) is 24.1 Å². The molecule has 134 valence electrons. The van der Waals surface area contributed by atoms with Gasteiger partial charge in [0.1, 0.15) is 12.4 Å². The van der Waals surface area contributed by atoms with Crippen LogP contribution >= 0.6 is 0 Å². The summed E-state index contributed by atoms with van der Waals surface area (Å²) in [5, 5.41) is 13.7. The van der Waals surface area contributed by atoms with Crippen LogP contribution in [-0.4, -0.2) is 29.4 Å². The number of hydrogen-bond donors (Lipinski definition) is 1. The van der Waals surface area contributed by atoms with E-state index < -0.39 is 28.4 Å². The van der Waals surface area contributed by atoms with Gasteiger partial charge in [-0.05, 0) is 25.1 Å². The fraction of sp³-hybridized carbons (Fsp3) is 0.176. The number of halogens is 1. The molecule has 0 saturated carbocycles. The van der Waals surface area contributed by atoms with Gasteiger partial charge < -0.3 is 10.1 Å². The van der Waals surface area contributed by atoms with Crippen LogP contribution in [0.1, 0.15) is 6.92 Å². The minimum Gasteiger partial charge on any atom is -0.474 e. The third-order valence-corrected chi connectivity index (χ3v) is 3.81. The van der Waals surface area contributed by atoms with Crippen LogP contribution in [-0.2, 0) is 9.59 Å². The number of benzene rings is 2. The van der Waals surface area contributed by atoms with Gasteiger partial charge in [0.25, 0.3) is 5.91 Å². The Labute approximate surface area is 147 Å². The summed E-state index contributed by atoms with van der Waals surface area (Å²) in [6.07, 6.45) is -1.17. The number of rotatable bonds is 4. The SMILES string of the molecule is C[C@H](Oc1cc(F)ccc1[N+](=O)[O-])C(=O)N1CC(=O)Nc2ccccc21. The van der Waals surface area contributed by atoms with E-state index in [0.29, 0.717) is 11.4 Å². The van der Waals surface area contributed by atoms with Gasteiger partial charge in [0.05, 0.1) is 16.3 Å². The second-order valence-corrected chi connectivity index (χ2v) is 5.62. The molecule has 1 N–H and O–H groups in total. The van der Waals surface area contributed by atoms with Crippen molar-refractivity contribution in [3.8, 4) is 5.75 Å². The molecule has 1 aliphatic heterocycles. The third-order valence-electron chi connectivity index (χ3n) is 3.81. The van der Waals surface area contributed by atoms with Gasteiger partial charge >= 0.3 is 5.69 Å². The molecule has 2 aromatic carbocycles. The van der Waals surface area contributed by atoms with Crippen LogP contribution in [0.25, 0.3) is 0 Å². The molecule has 0 saturated heterocycles. The number of hydrogen-bond acceptors (Lipinski definition) is 5. The first-order valence-electron chi connectivity index (χ1n) is 7.67. The van der Waals surface area contributed by atoms with E-state index >= 15 is 0 Å². The van der Waals surface area contributed by atoms with Crippen LogP contribution in [0.3, 0.4) is 0 Å². The smallest absolute Gasteiger partial charge is 0.311 e. The van der Waals surface area contributed by atoms with Gasteiger partial charge in [0.2, 0.25) is 11.7 Å². The molecule has 0 aromatic heterocycles. The van der Waals surface area contributed by atoms with E-state index in [-0.39, 0.29) is 18.2 Å². The number of nitro groups is 1. The zero-order chi connectivity index (χ0) is 18.8. The van der Waals surface area contributed by atoms with Crippen molar-refractivity contribution >= 4 is 28.9 Å². The van der Waals surface area contributed by atoms with E-state index in [1.54, 1.807) is 24.3 Å². The Morgan fingerprint density at radius 1 is 1.35 bits per heavy atom. The number of carbonyl (C=O) groups excluding carboxylic acids is 2. The number of fused-ring (bicyclic) bond motifs is 1. The molecule has 1 heterocycles. The van der Waals surface area contributed by atoms with Gasteiger partial charge in [-0.1, -0.05) is 12.1 Å². The predicted molar refractivity (Wildman–Crippen MR) is 90.6 cm³/mol. The van der Waals surface area contributed by atoms with E-state index in [0.717, 1.165) is 18.2 Å². The topological polar surface area (TPSA) is 102 Å². The monoisotopic (exact) mass is 359 g/mol. The van der Waals surface area contributed by atoms with Crippen LogP contribution in [0, 0.1) is 15.9 Å². The minimum absolute atomic E-state index is 0.214. The molecule has 3 rings (SSSR count). The molecular weight excluding hydrogens is 345 g/mol. The average molecular weight is 359 g/mol. The highest BCUT2D eigenvalue weighted by molar-refractivity contribution is 6.10. The Morgan fingerprint density at radius 2 is 2.08 bits per heavy atom. The zero-order valence-electron chi connectivity index (χ0n) is 13.6. The Morgan fingerprint density at radius 3 is 2.81 bits per heavy atom. The molecule has 8 nitrogen and oxygen atoms in total. The molecule has 1 atom stereocenters. The largest absolute Gasteiger partial charge is 0.474 e. The summed E-state index contributed by atoms with van der Waals surface area (Å²) in [6, 6.07) is 9.47. The van der Waals surface area contributed by atoms with Gasteiger partial charge in [-0.2, -0.15) is 0 Å². The maximum atomic E-state index is 13.4. The lowest BCUT2D eigenvalue weighted by molar-refractivity contribution is -0.386.